The van der Waals surface area contributed by atoms with E-state index in [1.807, 2.05) is 47.4 Å². The second-order valence-electron chi connectivity index (χ2n) is 7.20. The molecule has 0 aliphatic carbocycles. The van der Waals surface area contributed by atoms with Crippen molar-refractivity contribution in [3.63, 3.8) is 0 Å². The van der Waals surface area contributed by atoms with E-state index in [1.54, 1.807) is 19.4 Å². The average molecular weight is 416 g/mol. The summed E-state index contributed by atoms with van der Waals surface area (Å²) < 4.78 is 12.9. The first kappa shape index (κ1) is 19.1. The lowest BCUT2D eigenvalue weighted by Gasteiger charge is -2.32. The third kappa shape index (κ3) is 3.82. The zero-order chi connectivity index (χ0) is 21.2. The highest BCUT2D eigenvalue weighted by atomic mass is 16.5. The minimum Gasteiger partial charge on any atom is -0.365 e. The molecule has 9 heteroatoms. The normalized spacial score (nSPS) is 16.4. The molecule has 4 heterocycles. The number of nitrogens with zero attached hydrogens (tertiary/aromatic N) is 6. The number of morpholine rings is 1. The maximum Gasteiger partial charge on any atom is 0.257 e. The summed E-state index contributed by atoms with van der Waals surface area (Å²) in [5, 5.41) is 4.08. The topological polar surface area (TPSA) is 99.2 Å². The van der Waals surface area contributed by atoms with Crippen LogP contribution in [0.2, 0.25) is 0 Å². The maximum absolute atomic E-state index is 12.6. The standard InChI is InChI=1S/C22H20N6O3/c1-27-19(29)13-17(15-7-9-23-10-8-15)24-22(27)28-11-12-30-18(14-28)21-25-20(26-31-21)16-5-3-2-4-6-16/h2-10,13,18H,11-12,14H2,1H3. The lowest BCUT2D eigenvalue weighted by Crippen LogP contribution is -2.41. The molecule has 9 nitrogen and oxygen atoms in total. The van der Waals surface area contributed by atoms with Crippen molar-refractivity contribution in [2.24, 2.45) is 7.05 Å². The van der Waals surface area contributed by atoms with Crippen molar-refractivity contribution < 1.29 is 9.26 Å². The number of hydrogen-bond acceptors (Lipinski definition) is 8. The Bertz CT molecular complexity index is 1240. The molecule has 0 amide bonds. The molecule has 1 fully saturated rings. The van der Waals surface area contributed by atoms with Gasteiger partial charge in [-0.15, -0.1) is 0 Å². The number of anilines is 1. The SMILES string of the molecule is Cn1c(N2CCOC(c3nc(-c4ccccc4)no3)C2)nc(-c2ccncc2)cc1=O. The zero-order valence-electron chi connectivity index (χ0n) is 16.9. The van der Waals surface area contributed by atoms with E-state index in [9.17, 15) is 4.79 Å². The molecule has 0 saturated carbocycles. The van der Waals surface area contributed by atoms with Crippen LogP contribution in [0.25, 0.3) is 22.6 Å². The van der Waals surface area contributed by atoms with Gasteiger partial charge in [-0.05, 0) is 12.1 Å². The van der Waals surface area contributed by atoms with Gasteiger partial charge in [-0.3, -0.25) is 14.3 Å². The predicted octanol–water partition coefficient (Wildman–Crippen LogP) is 2.47. The molecule has 1 aromatic carbocycles. The van der Waals surface area contributed by atoms with Crippen LogP contribution < -0.4 is 10.5 Å². The highest BCUT2D eigenvalue weighted by Crippen LogP contribution is 2.26. The van der Waals surface area contributed by atoms with Crippen LogP contribution in [-0.4, -0.2) is 44.4 Å². The van der Waals surface area contributed by atoms with E-state index in [1.165, 1.54) is 10.6 Å². The predicted molar refractivity (Wildman–Crippen MR) is 113 cm³/mol. The zero-order valence-corrected chi connectivity index (χ0v) is 16.9. The lowest BCUT2D eigenvalue weighted by atomic mass is 10.2. The van der Waals surface area contributed by atoms with E-state index in [0.717, 1.165) is 11.1 Å². The van der Waals surface area contributed by atoms with Gasteiger partial charge in [0.25, 0.3) is 11.4 Å². The third-order valence-corrected chi connectivity index (χ3v) is 5.19. The molecule has 3 aromatic heterocycles. The molecule has 1 saturated heterocycles. The molecule has 0 spiro atoms. The van der Waals surface area contributed by atoms with Gasteiger partial charge in [0.05, 0.1) is 18.8 Å². The van der Waals surface area contributed by atoms with Crippen LogP contribution >= 0.6 is 0 Å². The van der Waals surface area contributed by atoms with Gasteiger partial charge in [0.15, 0.2) is 6.10 Å². The van der Waals surface area contributed by atoms with E-state index in [4.69, 9.17) is 14.2 Å². The Morgan fingerprint density at radius 3 is 2.65 bits per heavy atom. The van der Waals surface area contributed by atoms with E-state index < -0.39 is 6.10 Å². The average Bonchev–Trinajstić information content (AvgIpc) is 3.32. The fourth-order valence-electron chi connectivity index (χ4n) is 3.53. The fourth-order valence-corrected chi connectivity index (χ4v) is 3.53. The Morgan fingerprint density at radius 2 is 1.84 bits per heavy atom. The fraction of sp³-hybridized carbons (Fsp3) is 0.227. The Kier molecular flexibility index (Phi) is 5.01. The van der Waals surface area contributed by atoms with Crippen LogP contribution in [-0.2, 0) is 11.8 Å². The quantitative estimate of drug-likeness (QED) is 0.500. The van der Waals surface area contributed by atoms with Gasteiger partial charge in [-0.1, -0.05) is 35.5 Å². The minimum absolute atomic E-state index is 0.135. The molecular formula is C22H20N6O3. The second kappa shape index (κ2) is 8.11. The van der Waals surface area contributed by atoms with E-state index in [0.29, 0.717) is 43.1 Å². The highest BCUT2D eigenvalue weighted by Gasteiger charge is 2.29. The van der Waals surface area contributed by atoms with Crippen LogP contribution in [0.15, 0.2) is 70.2 Å². The van der Waals surface area contributed by atoms with Crippen molar-refractivity contribution in [1.29, 1.82) is 0 Å². The Labute approximate surface area is 178 Å². The molecule has 0 N–H and O–H groups in total. The van der Waals surface area contributed by atoms with Gasteiger partial charge >= 0.3 is 0 Å². The highest BCUT2D eigenvalue weighted by molar-refractivity contribution is 5.59. The van der Waals surface area contributed by atoms with Gasteiger partial charge in [-0.25, -0.2) is 4.98 Å². The summed E-state index contributed by atoms with van der Waals surface area (Å²) in [6.07, 6.45) is 2.94. The van der Waals surface area contributed by atoms with Crippen molar-refractivity contribution in [2.75, 3.05) is 24.6 Å². The molecule has 31 heavy (non-hydrogen) atoms. The van der Waals surface area contributed by atoms with Crippen molar-refractivity contribution >= 4 is 5.95 Å². The number of ether oxygens (including phenoxy) is 1. The first-order valence-electron chi connectivity index (χ1n) is 9.93. The molecule has 1 unspecified atom stereocenters. The molecule has 4 aromatic rings. The first-order chi connectivity index (χ1) is 15.2. The summed E-state index contributed by atoms with van der Waals surface area (Å²) in [7, 11) is 1.71. The van der Waals surface area contributed by atoms with E-state index in [-0.39, 0.29) is 5.56 Å². The first-order valence-corrected chi connectivity index (χ1v) is 9.93. The third-order valence-electron chi connectivity index (χ3n) is 5.19. The lowest BCUT2D eigenvalue weighted by molar-refractivity contribution is 0.0179. The Morgan fingerprint density at radius 1 is 1.03 bits per heavy atom. The van der Waals surface area contributed by atoms with Crippen molar-refractivity contribution in [2.45, 2.75) is 6.10 Å². The molecule has 0 bridgehead atoms. The Hall–Kier alpha value is -3.85. The van der Waals surface area contributed by atoms with Crippen LogP contribution in [0.5, 0.6) is 0 Å². The molecule has 156 valence electrons. The summed E-state index contributed by atoms with van der Waals surface area (Å²) in [4.78, 5) is 27.9. The summed E-state index contributed by atoms with van der Waals surface area (Å²) in [6, 6.07) is 14.8. The summed E-state index contributed by atoms with van der Waals surface area (Å²) >= 11 is 0. The van der Waals surface area contributed by atoms with Gasteiger partial charge in [0.1, 0.15) is 0 Å². The van der Waals surface area contributed by atoms with E-state index >= 15 is 0 Å². The molecule has 1 aliphatic heterocycles. The number of rotatable bonds is 4. The number of aromatic nitrogens is 5. The maximum atomic E-state index is 12.6. The largest absolute Gasteiger partial charge is 0.365 e. The number of hydrogen-bond donors (Lipinski definition) is 0. The number of pyridine rings is 1. The van der Waals surface area contributed by atoms with Gasteiger partial charge in [0, 0.05) is 43.2 Å². The molecular weight excluding hydrogens is 396 g/mol. The molecule has 5 rings (SSSR count). The van der Waals surface area contributed by atoms with Gasteiger partial charge < -0.3 is 14.2 Å². The van der Waals surface area contributed by atoms with Crippen molar-refractivity contribution in [3.8, 4) is 22.6 Å². The smallest absolute Gasteiger partial charge is 0.257 e. The van der Waals surface area contributed by atoms with Crippen LogP contribution in [0.3, 0.4) is 0 Å². The molecule has 0 radical (unpaired) electrons. The van der Waals surface area contributed by atoms with Crippen LogP contribution in [0.1, 0.15) is 12.0 Å². The summed E-state index contributed by atoms with van der Waals surface area (Å²) in [5.74, 6) is 1.48. The number of benzene rings is 1. The van der Waals surface area contributed by atoms with Gasteiger partial charge in [0.2, 0.25) is 11.8 Å². The monoisotopic (exact) mass is 416 g/mol. The molecule has 1 atom stereocenters. The van der Waals surface area contributed by atoms with Crippen LogP contribution in [0, 0.1) is 0 Å². The van der Waals surface area contributed by atoms with Crippen molar-refractivity contribution in [3.05, 3.63) is 77.2 Å². The van der Waals surface area contributed by atoms with Gasteiger partial charge in [-0.2, -0.15) is 4.98 Å². The minimum atomic E-state index is -0.416. The van der Waals surface area contributed by atoms with Crippen LogP contribution in [0.4, 0.5) is 5.95 Å². The van der Waals surface area contributed by atoms with Crippen molar-refractivity contribution in [1.82, 2.24) is 24.7 Å². The summed E-state index contributed by atoms with van der Waals surface area (Å²) in [6.45, 7) is 1.48. The second-order valence-corrected chi connectivity index (χ2v) is 7.20. The summed E-state index contributed by atoms with van der Waals surface area (Å²) in [5.41, 5.74) is 2.18. The molecule has 1 aliphatic rings. The van der Waals surface area contributed by atoms with E-state index in [2.05, 4.69) is 15.1 Å². The Balaban J connectivity index is 1.43.